The Labute approximate surface area is 238 Å². The summed E-state index contributed by atoms with van der Waals surface area (Å²) in [6.07, 6.45) is 1.97. The van der Waals surface area contributed by atoms with Crippen LogP contribution in [-0.2, 0) is 32.6 Å². The van der Waals surface area contributed by atoms with Gasteiger partial charge in [0.2, 0.25) is 21.8 Å². The molecule has 0 aliphatic heterocycles. The fraction of sp³-hybridized carbons (Fsp3) is 0.310. The predicted molar refractivity (Wildman–Crippen MR) is 155 cm³/mol. The van der Waals surface area contributed by atoms with Crippen LogP contribution in [0.5, 0.6) is 0 Å². The molecule has 39 heavy (non-hydrogen) atoms. The Bertz CT molecular complexity index is 1390. The Morgan fingerprint density at radius 3 is 2.26 bits per heavy atom. The van der Waals surface area contributed by atoms with Crippen LogP contribution < -0.4 is 9.62 Å². The number of aryl methyl sites for hydroxylation is 1. The topological polar surface area (TPSA) is 86.8 Å². The molecular weight excluding hydrogens is 585 g/mol. The Morgan fingerprint density at radius 2 is 1.67 bits per heavy atom. The first-order valence-corrected chi connectivity index (χ1v) is 15.2. The van der Waals surface area contributed by atoms with E-state index in [-0.39, 0.29) is 18.9 Å². The van der Waals surface area contributed by atoms with Crippen molar-refractivity contribution in [3.63, 3.8) is 0 Å². The fourth-order valence-corrected chi connectivity index (χ4v) is 5.19. The molecule has 0 radical (unpaired) electrons. The van der Waals surface area contributed by atoms with Gasteiger partial charge in [0.15, 0.2) is 0 Å². The Kier molecular flexibility index (Phi) is 10.7. The van der Waals surface area contributed by atoms with Gasteiger partial charge in [-0.3, -0.25) is 13.9 Å². The summed E-state index contributed by atoms with van der Waals surface area (Å²) in [5.41, 5.74) is 2.59. The number of hydrogen-bond acceptors (Lipinski definition) is 4. The van der Waals surface area contributed by atoms with Crippen LogP contribution in [0.25, 0.3) is 0 Å². The highest BCUT2D eigenvalue weighted by molar-refractivity contribution is 9.10. The Balaban J connectivity index is 2.04. The molecule has 3 aromatic carbocycles. The van der Waals surface area contributed by atoms with Crippen molar-refractivity contribution in [2.45, 2.75) is 39.3 Å². The summed E-state index contributed by atoms with van der Waals surface area (Å²) < 4.78 is 41.2. The van der Waals surface area contributed by atoms with Crippen molar-refractivity contribution >= 4 is 43.5 Å². The molecule has 0 saturated heterocycles. The van der Waals surface area contributed by atoms with Gasteiger partial charge in [-0.1, -0.05) is 65.3 Å². The number of amides is 2. The van der Waals surface area contributed by atoms with Gasteiger partial charge in [-0.05, 0) is 60.4 Å². The third-order valence-corrected chi connectivity index (χ3v) is 8.23. The van der Waals surface area contributed by atoms with Crippen LogP contribution in [0, 0.1) is 12.7 Å². The minimum Gasteiger partial charge on any atom is -0.354 e. The number of rotatable bonds is 12. The van der Waals surface area contributed by atoms with E-state index in [2.05, 4.69) is 21.2 Å². The van der Waals surface area contributed by atoms with Gasteiger partial charge >= 0.3 is 0 Å². The first-order chi connectivity index (χ1) is 18.5. The van der Waals surface area contributed by atoms with Crippen molar-refractivity contribution in [3.8, 4) is 0 Å². The van der Waals surface area contributed by atoms with Crippen LogP contribution in [0.2, 0.25) is 0 Å². The maximum Gasteiger partial charge on any atom is 0.244 e. The zero-order valence-electron chi connectivity index (χ0n) is 22.2. The normalized spacial score (nSPS) is 12.0. The van der Waals surface area contributed by atoms with Crippen LogP contribution in [0.4, 0.5) is 10.1 Å². The molecule has 3 rings (SSSR count). The van der Waals surface area contributed by atoms with Gasteiger partial charge in [-0.15, -0.1) is 0 Å². The molecule has 7 nitrogen and oxygen atoms in total. The third kappa shape index (κ3) is 8.63. The summed E-state index contributed by atoms with van der Waals surface area (Å²) in [7, 11) is -3.85. The number of hydrogen-bond donors (Lipinski definition) is 1. The number of sulfonamides is 1. The lowest BCUT2D eigenvalue weighted by molar-refractivity contribution is -0.140. The Morgan fingerprint density at radius 1 is 1.00 bits per heavy atom. The smallest absolute Gasteiger partial charge is 0.244 e. The van der Waals surface area contributed by atoms with Gasteiger partial charge < -0.3 is 10.2 Å². The van der Waals surface area contributed by atoms with Crippen LogP contribution in [-0.4, -0.2) is 50.5 Å². The van der Waals surface area contributed by atoms with E-state index >= 15 is 0 Å². The summed E-state index contributed by atoms with van der Waals surface area (Å²) >= 11 is 3.42. The fourth-order valence-electron chi connectivity index (χ4n) is 4.10. The van der Waals surface area contributed by atoms with Crippen LogP contribution >= 0.6 is 15.9 Å². The number of nitrogens with one attached hydrogen (secondary N) is 1. The van der Waals surface area contributed by atoms with Gasteiger partial charge in [0, 0.05) is 24.0 Å². The van der Waals surface area contributed by atoms with E-state index in [9.17, 15) is 22.4 Å². The maximum absolute atomic E-state index is 14.0. The number of nitrogens with zero attached hydrogens (tertiary/aromatic N) is 2. The lowest BCUT2D eigenvalue weighted by Gasteiger charge is -2.33. The van der Waals surface area contributed by atoms with Crippen molar-refractivity contribution in [1.82, 2.24) is 10.2 Å². The second kappa shape index (κ2) is 13.7. The highest BCUT2D eigenvalue weighted by atomic mass is 79.9. The van der Waals surface area contributed by atoms with Crippen LogP contribution in [0.15, 0.2) is 77.3 Å². The van der Waals surface area contributed by atoms with Crippen molar-refractivity contribution in [1.29, 1.82) is 0 Å². The third-order valence-electron chi connectivity index (χ3n) is 6.20. The molecule has 0 aromatic heterocycles. The molecule has 1 unspecified atom stereocenters. The van der Waals surface area contributed by atoms with Crippen molar-refractivity contribution in [3.05, 3.63) is 99.8 Å². The summed E-state index contributed by atoms with van der Waals surface area (Å²) in [5.74, 6) is -1.33. The van der Waals surface area contributed by atoms with Crippen LogP contribution in [0.3, 0.4) is 0 Å². The number of benzene rings is 3. The van der Waals surface area contributed by atoms with Crippen molar-refractivity contribution in [2.75, 3.05) is 23.7 Å². The van der Waals surface area contributed by atoms with Crippen LogP contribution in [0.1, 0.15) is 30.0 Å². The summed E-state index contributed by atoms with van der Waals surface area (Å²) in [4.78, 5) is 28.8. The SMILES string of the molecule is CCCNC(=O)C(Cc1ccccc1)N(Cc1ccc(F)cc1)C(=O)CN(c1ccc(Br)c(C)c1)S(C)(=O)=O. The molecule has 3 aromatic rings. The number of carbonyl (C=O) groups is 2. The lowest BCUT2D eigenvalue weighted by Crippen LogP contribution is -2.53. The van der Waals surface area contributed by atoms with E-state index in [0.717, 1.165) is 26.2 Å². The second-order valence-electron chi connectivity index (χ2n) is 9.35. The molecular formula is C29H33BrFN3O4S. The number of halogens is 2. The first kappa shape index (κ1) is 30.3. The molecule has 208 valence electrons. The summed E-state index contributed by atoms with van der Waals surface area (Å²) in [6, 6.07) is 19.1. The van der Waals surface area contributed by atoms with E-state index in [4.69, 9.17) is 0 Å². The quantitative estimate of drug-likeness (QED) is 0.315. The zero-order chi connectivity index (χ0) is 28.6. The lowest BCUT2D eigenvalue weighted by atomic mass is 10.0. The van der Waals surface area contributed by atoms with Gasteiger partial charge in [-0.25, -0.2) is 12.8 Å². The first-order valence-electron chi connectivity index (χ1n) is 12.6. The zero-order valence-corrected chi connectivity index (χ0v) is 24.6. The molecule has 2 amide bonds. The summed E-state index contributed by atoms with van der Waals surface area (Å²) in [6.45, 7) is 3.67. The highest BCUT2D eigenvalue weighted by Gasteiger charge is 2.33. The molecule has 0 spiro atoms. The van der Waals surface area contributed by atoms with Crippen molar-refractivity contribution < 1.29 is 22.4 Å². The predicted octanol–water partition coefficient (Wildman–Crippen LogP) is 4.83. The number of anilines is 1. The maximum atomic E-state index is 14.0. The van der Waals surface area contributed by atoms with E-state index in [1.807, 2.05) is 44.2 Å². The average molecular weight is 619 g/mol. The molecule has 0 saturated carbocycles. The molecule has 1 atom stereocenters. The van der Waals surface area contributed by atoms with Crippen molar-refractivity contribution in [2.24, 2.45) is 0 Å². The van der Waals surface area contributed by atoms with Gasteiger partial charge in [0.25, 0.3) is 0 Å². The number of carbonyl (C=O) groups excluding carboxylic acids is 2. The molecule has 1 N–H and O–H groups in total. The second-order valence-corrected chi connectivity index (χ2v) is 12.1. The van der Waals surface area contributed by atoms with Gasteiger partial charge in [0.05, 0.1) is 11.9 Å². The van der Waals surface area contributed by atoms with E-state index in [1.165, 1.54) is 17.0 Å². The van der Waals surface area contributed by atoms with Gasteiger partial charge in [-0.2, -0.15) is 0 Å². The minimum absolute atomic E-state index is 0.00682. The molecule has 0 aliphatic carbocycles. The van der Waals surface area contributed by atoms with Gasteiger partial charge in [0.1, 0.15) is 18.4 Å². The monoisotopic (exact) mass is 617 g/mol. The molecule has 0 heterocycles. The van der Waals surface area contributed by atoms with E-state index in [0.29, 0.717) is 24.2 Å². The minimum atomic E-state index is -3.85. The Hall–Kier alpha value is -3.24. The standard InChI is InChI=1S/C29H33BrFN3O4S/c1-4-16-32-29(36)27(18-22-8-6-5-7-9-22)33(19-23-10-12-24(31)13-11-23)28(35)20-34(39(3,37)38)25-14-15-26(30)21(2)17-25/h5-15,17,27H,4,16,18-20H2,1-3H3,(H,32,36). The van der Waals surface area contributed by atoms with E-state index < -0.39 is 34.3 Å². The average Bonchev–Trinajstić information content (AvgIpc) is 2.90. The van der Waals surface area contributed by atoms with E-state index in [1.54, 1.807) is 30.3 Å². The molecule has 0 bridgehead atoms. The largest absolute Gasteiger partial charge is 0.354 e. The summed E-state index contributed by atoms with van der Waals surface area (Å²) in [5, 5.41) is 2.88. The molecule has 0 aliphatic rings. The molecule has 10 heteroatoms. The molecule has 0 fully saturated rings. The highest BCUT2D eigenvalue weighted by Crippen LogP contribution is 2.25.